The van der Waals surface area contributed by atoms with E-state index in [-0.39, 0.29) is 0 Å². The van der Waals surface area contributed by atoms with Crippen LogP contribution >= 0.6 is 0 Å². The van der Waals surface area contributed by atoms with E-state index in [1.54, 1.807) is 0 Å². The fourth-order valence-corrected chi connectivity index (χ4v) is 8.27. The van der Waals surface area contributed by atoms with Gasteiger partial charge in [-0.25, -0.2) is 0 Å². The summed E-state index contributed by atoms with van der Waals surface area (Å²) >= 11 is 0. The first-order valence-electron chi connectivity index (χ1n) is 15.4. The molecule has 5 aromatic rings. The van der Waals surface area contributed by atoms with E-state index < -0.39 is 0 Å². The zero-order valence-electron chi connectivity index (χ0n) is 28.2. The Hall–Kier alpha value is -3.32. The maximum Gasteiger partial charge on any atom is 0.0585 e. The van der Waals surface area contributed by atoms with Gasteiger partial charge in [-0.3, -0.25) is 0 Å². The quantitative estimate of drug-likeness (QED) is 0.195. The molecule has 1 aromatic heterocycles. The van der Waals surface area contributed by atoms with E-state index in [0.717, 1.165) is 6.42 Å². The number of hydrogen-bond donors (Lipinski definition) is 0. The zero-order valence-corrected chi connectivity index (χ0v) is 28.2. The Kier molecular flexibility index (Phi) is 6.00. The monoisotopic (exact) mass is 541 g/mol. The molecular weight excluding hydrogens is 494 g/mol. The molecule has 0 bridgehead atoms. The van der Waals surface area contributed by atoms with Gasteiger partial charge in [-0.2, -0.15) is 0 Å². The van der Waals surface area contributed by atoms with Crippen LogP contribution in [0.2, 0.25) is 0 Å². The fourth-order valence-electron chi connectivity index (χ4n) is 8.27. The molecule has 0 amide bonds. The van der Waals surface area contributed by atoms with Crippen molar-refractivity contribution in [3.8, 4) is 16.8 Å². The van der Waals surface area contributed by atoms with E-state index in [4.69, 9.17) is 0 Å². The van der Waals surface area contributed by atoms with Crippen molar-refractivity contribution in [1.29, 1.82) is 0 Å². The Bertz CT molecular complexity index is 2010. The van der Waals surface area contributed by atoms with Crippen molar-refractivity contribution in [3.05, 3.63) is 94.6 Å². The molecule has 0 radical (unpaired) electrons. The molecule has 212 valence electrons. The van der Waals surface area contributed by atoms with Gasteiger partial charge < -0.3 is 4.57 Å². The predicted molar refractivity (Wildman–Crippen MR) is 180 cm³/mol. The summed E-state index contributed by atoms with van der Waals surface area (Å²) in [7, 11) is 0. The van der Waals surface area contributed by atoms with Gasteiger partial charge >= 0.3 is 0 Å². The van der Waals surface area contributed by atoms with Crippen LogP contribution in [0, 0.1) is 104 Å². The summed E-state index contributed by atoms with van der Waals surface area (Å²) in [5, 5.41) is 2.92. The molecule has 4 aromatic carbocycles. The average Bonchev–Trinajstić information content (AvgIpc) is 3.51. The van der Waals surface area contributed by atoms with Crippen LogP contribution in [0.4, 0.5) is 0 Å². The van der Waals surface area contributed by atoms with Crippen LogP contribution < -0.4 is 0 Å². The van der Waals surface area contributed by atoms with E-state index >= 15 is 0 Å². The van der Waals surface area contributed by atoms with Crippen LogP contribution in [0.5, 0.6) is 0 Å². The molecule has 0 saturated heterocycles. The minimum Gasteiger partial charge on any atom is -0.308 e. The van der Waals surface area contributed by atoms with Crippen LogP contribution in [0.1, 0.15) is 94.6 Å². The Morgan fingerprint density at radius 1 is 0.317 bits per heavy atom. The second-order valence-electron chi connectivity index (χ2n) is 13.4. The van der Waals surface area contributed by atoms with E-state index in [2.05, 4.69) is 108 Å². The first-order chi connectivity index (χ1) is 19.1. The van der Waals surface area contributed by atoms with Gasteiger partial charge in [-0.15, -0.1) is 0 Å². The number of benzene rings is 4. The number of fused-ring (bicyclic) bond motifs is 7. The summed E-state index contributed by atoms with van der Waals surface area (Å²) in [5.74, 6) is 0. The molecule has 0 aliphatic heterocycles. The van der Waals surface area contributed by atoms with Crippen LogP contribution in [0.3, 0.4) is 0 Å². The van der Waals surface area contributed by atoms with Gasteiger partial charge in [0.1, 0.15) is 0 Å². The molecule has 0 fully saturated rings. The van der Waals surface area contributed by atoms with Crippen molar-refractivity contribution >= 4 is 21.8 Å². The Morgan fingerprint density at radius 2 is 0.683 bits per heavy atom. The van der Waals surface area contributed by atoms with Crippen LogP contribution in [0.25, 0.3) is 38.6 Å². The van der Waals surface area contributed by atoms with Gasteiger partial charge in [0.15, 0.2) is 0 Å². The number of hydrogen-bond acceptors (Lipinski definition) is 0. The highest BCUT2D eigenvalue weighted by Gasteiger charge is 2.33. The Labute approximate surface area is 247 Å². The molecule has 6 rings (SSSR count). The highest BCUT2D eigenvalue weighted by atomic mass is 15.0. The lowest BCUT2D eigenvalue weighted by atomic mass is 9.86. The van der Waals surface area contributed by atoms with Gasteiger partial charge in [0.05, 0.1) is 16.7 Å². The first kappa shape index (κ1) is 27.8. The first-order valence-corrected chi connectivity index (χ1v) is 15.4. The number of rotatable bonds is 1. The Morgan fingerprint density at radius 3 is 1.27 bits per heavy atom. The molecular formula is C40H47N. The fraction of sp³-hybridized carbons (Fsp3) is 0.400. The third-order valence-corrected chi connectivity index (χ3v) is 12.1. The molecule has 0 spiro atoms. The average molecular weight is 542 g/mol. The van der Waals surface area contributed by atoms with Crippen molar-refractivity contribution in [1.82, 2.24) is 4.57 Å². The standard InChI is InChI=1S/C40H47N/c1-17-21(5)29(13)38(30(14)22(17)6)41-39-31(15)23(7)20(4)26(10)36(39)37-28(12)27(11)35-33(40(37)41)16-32-24(8)18(2)19(3)25(9)34(32)35/h16H2,1-15H3. The van der Waals surface area contributed by atoms with Crippen molar-refractivity contribution < 1.29 is 0 Å². The normalized spacial score (nSPS) is 12.7. The van der Waals surface area contributed by atoms with E-state index in [0.29, 0.717) is 0 Å². The van der Waals surface area contributed by atoms with Gasteiger partial charge in [-0.05, 0) is 210 Å². The topological polar surface area (TPSA) is 4.93 Å². The third kappa shape index (κ3) is 3.24. The van der Waals surface area contributed by atoms with Crippen molar-refractivity contribution in [2.24, 2.45) is 0 Å². The largest absolute Gasteiger partial charge is 0.308 e. The summed E-state index contributed by atoms with van der Waals surface area (Å²) in [5.41, 5.74) is 31.8. The maximum atomic E-state index is 2.73. The van der Waals surface area contributed by atoms with Crippen LogP contribution in [0.15, 0.2) is 0 Å². The SMILES string of the molecule is Cc1c(C)c(C)c(-n2c3c(C)c(C)c(C)c(C)c3c3c(C)c(C)c4c(c32)Cc2c(C)c(C)c(C)c(C)c2-4)c(C)c1C. The highest BCUT2D eigenvalue weighted by molar-refractivity contribution is 6.17. The maximum absolute atomic E-state index is 2.73. The van der Waals surface area contributed by atoms with Gasteiger partial charge in [0.2, 0.25) is 0 Å². The summed E-state index contributed by atoms with van der Waals surface area (Å²) in [4.78, 5) is 0. The molecule has 1 heterocycles. The summed E-state index contributed by atoms with van der Waals surface area (Å²) in [6.07, 6.45) is 1.00. The van der Waals surface area contributed by atoms with Gasteiger partial charge in [0.25, 0.3) is 0 Å². The lowest BCUT2D eigenvalue weighted by Gasteiger charge is -2.23. The highest BCUT2D eigenvalue weighted by Crippen LogP contribution is 2.52. The molecule has 1 aliphatic carbocycles. The molecule has 0 unspecified atom stereocenters. The van der Waals surface area contributed by atoms with Crippen molar-refractivity contribution in [3.63, 3.8) is 0 Å². The molecule has 1 heteroatoms. The molecule has 1 aliphatic rings. The van der Waals surface area contributed by atoms with E-state index in [1.807, 2.05) is 0 Å². The Balaban J connectivity index is 1.98. The summed E-state index contributed by atoms with van der Waals surface area (Å²) < 4.78 is 2.73. The summed E-state index contributed by atoms with van der Waals surface area (Å²) in [6.45, 7) is 35.1. The van der Waals surface area contributed by atoms with Gasteiger partial charge in [-0.1, -0.05) is 0 Å². The zero-order chi connectivity index (χ0) is 30.1. The lowest BCUT2D eigenvalue weighted by molar-refractivity contribution is 1.05. The second kappa shape index (κ2) is 8.84. The summed E-state index contributed by atoms with van der Waals surface area (Å²) in [6, 6.07) is 0. The second-order valence-corrected chi connectivity index (χ2v) is 13.4. The van der Waals surface area contributed by atoms with E-state index in [9.17, 15) is 0 Å². The molecule has 1 nitrogen and oxygen atoms in total. The molecule has 0 atom stereocenters. The van der Waals surface area contributed by atoms with Crippen molar-refractivity contribution in [2.75, 3.05) is 0 Å². The number of nitrogens with zero attached hydrogens (tertiary/aromatic N) is 1. The van der Waals surface area contributed by atoms with Crippen LogP contribution in [-0.2, 0) is 6.42 Å². The third-order valence-electron chi connectivity index (χ3n) is 12.1. The minimum atomic E-state index is 1.00. The minimum absolute atomic E-state index is 1.00. The van der Waals surface area contributed by atoms with Crippen LogP contribution in [-0.4, -0.2) is 4.57 Å². The van der Waals surface area contributed by atoms with Gasteiger partial charge in [0, 0.05) is 17.2 Å². The lowest BCUT2D eigenvalue weighted by Crippen LogP contribution is -2.08. The van der Waals surface area contributed by atoms with E-state index in [1.165, 1.54) is 133 Å². The number of aryl methyl sites for hydroxylation is 3. The molecule has 41 heavy (non-hydrogen) atoms. The number of aromatic nitrogens is 1. The molecule has 0 N–H and O–H groups in total. The van der Waals surface area contributed by atoms with Crippen molar-refractivity contribution in [2.45, 2.75) is 110 Å². The predicted octanol–water partition coefficient (Wildman–Crippen LogP) is 11.0. The smallest absolute Gasteiger partial charge is 0.0585 e. The molecule has 0 saturated carbocycles.